The number of hydrogen-bond acceptors (Lipinski definition) is 3. The lowest BCUT2D eigenvalue weighted by atomic mass is 10.1. The van der Waals surface area contributed by atoms with Gasteiger partial charge in [0.2, 0.25) is 0 Å². The van der Waals surface area contributed by atoms with Crippen LogP contribution in [0.1, 0.15) is 17.3 Å². The maximum atomic E-state index is 12.7. The molecule has 5 heteroatoms. The number of ether oxygens (including phenoxy) is 2. The Morgan fingerprint density at radius 3 is 2.64 bits per heavy atom. The molecule has 0 aliphatic heterocycles. The lowest BCUT2D eigenvalue weighted by molar-refractivity contribution is 0.102. The fourth-order valence-electron chi connectivity index (χ4n) is 2.66. The van der Waals surface area contributed by atoms with Crippen LogP contribution in [-0.2, 0) is 0 Å². The van der Waals surface area contributed by atoms with Crippen molar-refractivity contribution in [1.82, 2.24) is 0 Å². The predicted octanol–water partition coefficient (Wildman–Crippen LogP) is 5.10. The number of nitrogens with one attached hydrogen (secondary N) is 1. The molecule has 0 saturated carbocycles. The highest BCUT2D eigenvalue weighted by Gasteiger charge is 2.16. The third-order valence-electron chi connectivity index (χ3n) is 3.82. The van der Waals surface area contributed by atoms with Gasteiger partial charge >= 0.3 is 0 Å². The Hall–Kier alpha value is -2.28. The summed E-state index contributed by atoms with van der Waals surface area (Å²) in [6.07, 6.45) is 0. The number of carbonyl (C=O) groups is 1. The normalized spacial score (nSPS) is 10.5. The molecule has 0 unspecified atom stereocenters. The summed E-state index contributed by atoms with van der Waals surface area (Å²) in [4.78, 5) is 12.7. The summed E-state index contributed by atoms with van der Waals surface area (Å²) in [6, 6.07) is 17.3. The number of fused-ring (bicyclic) bond motifs is 1. The Kier molecular flexibility index (Phi) is 5.43. The highest BCUT2D eigenvalue weighted by Crippen LogP contribution is 2.34. The molecule has 0 bridgehead atoms. The highest BCUT2D eigenvalue weighted by atomic mass is 127. The van der Waals surface area contributed by atoms with Crippen molar-refractivity contribution >= 4 is 45.0 Å². The van der Waals surface area contributed by atoms with Gasteiger partial charge in [-0.3, -0.25) is 4.79 Å². The molecule has 3 aromatic carbocycles. The molecule has 1 amide bonds. The zero-order valence-corrected chi connectivity index (χ0v) is 16.2. The second-order valence-electron chi connectivity index (χ2n) is 5.40. The van der Waals surface area contributed by atoms with Crippen LogP contribution in [0.5, 0.6) is 11.5 Å². The van der Waals surface area contributed by atoms with Crippen LogP contribution in [0.2, 0.25) is 0 Å². The van der Waals surface area contributed by atoms with E-state index in [0.717, 1.165) is 20.0 Å². The van der Waals surface area contributed by atoms with Gasteiger partial charge in [-0.1, -0.05) is 36.4 Å². The van der Waals surface area contributed by atoms with E-state index in [1.54, 1.807) is 19.2 Å². The van der Waals surface area contributed by atoms with Gasteiger partial charge in [-0.2, -0.15) is 0 Å². The van der Waals surface area contributed by atoms with Crippen molar-refractivity contribution in [3.63, 3.8) is 0 Å². The molecule has 0 radical (unpaired) electrons. The van der Waals surface area contributed by atoms with Crippen molar-refractivity contribution in [3.05, 3.63) is 63.7 Å². The van der Waals surface area contributed by atoms with Crippen molar-refractivity contribution in [2.75, 3.05) is 19.0 Å². The average molecular weight is 447 g/mol. The van der Waals surface area contributed by atoms with Crippen molar-refractivity contribution in [2.24, 2.45) is 0 Å². The van der Waals surface area contributed by atoms with E-state index in [0.29, 0.717) is 23.7 Å². The van der Waals surface area contributed by atoms with Gasteiger partial charge in [0.15, 0.2) is 11.5 Å². The molecule has 4 nitrogen and oxygen atoms in total. The molecular formula is C20H18INO3. The second kappa shape index (κ2) is 7.74. The summed E-state index contributed by atoms with van der Waals surface area (Å²) in [6.45, 7) is 2.45. The standard InChI is InChI=1S/C20H18INO3/c1-3-25-19-16(21)11-14(12-18(19)24-2)20(23)22-17-10-6-8-13-7-4-5-9-15(13)17/h4-12H,3H2,1-2H3,(H,22,23). The smallest absolute Gasteiger partial charge is 0.255 e. The van der Waals surface area contributed by atoms with E-state index in [1.165, 1.54) is 0 Å². The first kappa shape index (κ1) is 17.5. The molecule has 0 aromatic heterocycles. The number of benzene rings is 3. The Morgan fingerprint density at radius 1 is 1.12 bits per heavy atom. The first-order chi connectivity index (χ1) is 12.1. The van der Waals surface area contributed by atoms with Crippen LogP contribution in [-0.4, -0.2) is 19.6 Å². The largest absolute Gasteiger partial charge is 0.493 e. The molecule has 25 heavy (non-hydrogen) atoms. The lowest BCUT2D eigenvalue weighted by Crippen LogP contribution is -2.13. The average Bonchev–Trinajstić information content (AvgIpc) is 2.63. The monoisotopic (exact) mass is 447 g/mol. The zero-order chi connectivity index (χ0) is 17.8. The van der Waals surface area contributed by atoms with Gasteiger partial charge in [0, 0.05) is 16.6 Å². The number of methoxy groups -OCH3 is 1. The zero-order valence-electron chi connectivity index (χ0n) is 14.0. The second-order valence-corrected chi connectivity index (χ2v) is 6.57. The van der Waals surface area contributed by atoms with E-state index < -0.39 is 0 Å². The molecule has 0 saturated heterocycles. The SMILES string of the molecule is CCOc1c(I)cc(C(=O)Nc2cccc3ccccc23)cc1OC. The van der Waals surface area contributed by atoms with Crippen molar-refractivity contribution in [1.29, 1.82) is 0 Å². The van der Waals surface area contributed by atoms with Gasteiger partial charge in [-0.25, -0.2) is 0 Å². The Labute approximate surface area is 160 Å². The van der Waals surface area contributed by atoms with E-state index in [1.807, 2.05) is 49.4 Å². The summed E-state index contributed by atoms with van der Waals surface area (Å²) in [5.74, 6) is 1.03. The van der Waals surface area contributed by atoms with E-state index >= 15 is 0 Å². The van der Waals surface area contributed by atoms with Gasteiger partial charge in [0.1, 0.15) is 0 Å². The summed E-state index contributed by atoms with van der Waals surface area (Å²) < 4.78 is 11.8. The van der Waals surface area contributed by atoms with Crippen LogP contribution >= 0.6 is 22.6 Å². The molecule has 3 aromatic rings. The van der Waals surface area contributed by atoms with Crippen LogP contribution in [0, 0.1) is 3.57 Å². The van der Waals surface area contributed by atoms with Gasteiger partial charge in [-0.05, 0) is 53.1 Å². The van der Waals surface area contributed by atoms with E-state index in [2.05, 4.69) is 27.9 Å². The molecule has 128 valence electrons. The molecule has 0 aliphatic rings. The molecule has 0 fully saturated rings. The first-order valence-electron chi connectivity index (χ1n) is 7.93. The number of amides is 1. The Balaban J connectivity index is 1.94. The first-order valence-corrected chi connectivity index (χ1v) is 9.01. The molecule has 0 atom stereocenters. The number of halogens is 1. The fraction of sp³-hybridized carbons (Fsp3) is 0.150. The van der Waals surface area contributed by atoms with Crippen LogP contribution < -0.4 is 14.8 Å². The quantitative estimate of drug-likeness (QED) is 0.554. The topological polar surface area (TPSA) is 47.6 Å². The van der Waals surface area contributed by atoms with E-state index in [9.17, 15) is 4.79 Å². The van der Waals surface area contributed by atoms with Crippen LogP contribution in [0.4, 0.5) is 5.69 Å². The Morgan fingerprint density at radius 2 is 1.88 bits per heavy atom. The van der Waals surface area contributed by atoms with E-state index in [-0.39, 0.29) is 5.91 Å². The van der Waals surface area contributed by atoms with Gasteiger partial charge in [0.05, 0.1) is 17.3 Å². The van der Waals surface area contributed by atoms with Crippen LogP contribution in [0.3, 0.4) is 0 Å². The minimum atomic E-state index is -0.185. The minimum absolute atomic E-state index is 0.185. The van der Waals surface area contributed by atoms with Crippen molar-refractivity contribution < 1.29 is 14.3 Å². The van der Waals surface area contributed by atoms with Crippen molar-refractivity contribution in [2.45, 2.75) is 6.92 Å². The van der Waals surface area contributed by atoms with Gasteiger partial charge < -0.3 is 14.8 Å². The number of carbonyl (C=O) groups excluding carboxylic acids is 1. The summed E-state index contributed by atoms with van der Waals surface area (Å²) in [5.41, 5.74) is 1.31. The Bertz CT molecular complexity index is 919. The summed E-state index contributed by atoms with van der Waals surface area (Å²) in [7, 11) is 1.57. The van der Waals surface area contributed by atoms with Crippen LogP contribution in [0.25, 0.3) is 10.8 Å². The highest BCUT2D eigenvalue weighted by molar-refractivity contribution is 14.1. The summed E-state index contributed by atoms with van der Waals surface area (Å²) >= 11 is 2.15. The molecule has 0 heterocycles. The predicted molar refractivity (Wildman–Crippen MR) is 109 cm³/mol. The fourth-order valence-corrected chi connectivity index (χ4v) is 3.42. The molecule has 0 aliphatic carbocycles. The molecule has 3 rings (SSSR count). The maximum Gasteiger partial charge on any atom is 0.255 e. The molecular weight excluding hydrogens is 429 g/mol. The number of hydrogen-bond donors (Lipinski definition) is 1. The van der Waals surface area contributed by atoms with Gasteiger partial charge in [-0.15, -0.1) is 0 Å². The van der Waals surface area contributed by atoms with Crippen LogP contribution in [0.15, 0.2) is 54.6 Å². The van der Waals surface area contributed by atoms with Gasteiger partial charge in [0.25, 0.3) is 5.91 Å². The molecule has 1 N–H and O–H groups in total. The number of anilines is 1. The summed E-state index contributed by atoms with van der Waals surface area (Å²) in [5, 5.41) is 5.08. The lowest BCUT2D eigenvalue weighted by Gasteiger charge is -2.14. The number of rotatable bonds is 5. The van der Waals surface area contributed by atoms with E-state index in [4.69, 9.17) is 9.47 Å². The third-order valence-corrected chi connectivity index (χ3v) is 4.62. The molecule has 0 spiro atoms. The minimum Gasteiger partial charge on any atom is -0.493 e. The maximum absolute atomic E-state index is 12.7. The van der Waals surface area contributed by atoms with Crippen molar-refractivity contribution in [3.8, 4) is 11.5 Å². The third kappa shape index (κ3) is 3.71.